The molecule has 1 aliphatic carbocycles. The summed E-state index contributed by atoms with van der Waals surface area (Å²) in [4.78, 5) is 2.19. The van der Waals surface area contributed by atoms with Gasteiger partial charge in [0, 0.05) is 12.1 Å². The molecule has 1 saturated carbocycles. The average molecular weight is 204 g/mol. The van der Waals surface area contributed by atoms with E-state index < -0.39 is 0 Å². The highest BCUT2D eigenvalue weighted by Gasteiger charge is 2.37. The molecule has 1 aliphatic rings. The second-order valence-corrected chi connectivity index (χ2v) is 5.10. The first-order chi connectivity index (χ1) is 7.07. The lowest BCUT2D eigenvalue weighted by molar-refractivity contribution is 0.402. The van der Waals surface area contributed by atoms with Gasteiger partial charge in [-0.05, 0) is 44.5 Å². The fourth-order valence-corrected chi connectivity index (χ4v) is 1.95. The predicted octanol–water partition coefficient (Wildman–Crippen LogP) is 1.78. The van der Waals surface area contributed by atoms with Gasteiger partial charge in [-0.2, -0.15) is 0 Å². The first-order valence-electron chi connectivity index (χ1n) is 5.59. The lowest BCUT2D eigenvalue weighted by Gasteiger charge is -2.12. The summed E-state index contributed by atoms with van der Waals surface area (Å²) in [6, 6.07) is 8.79. The Morgan fingerprint density at radius 3 is 2.53 bits per heavy atom. The van der Waals surface area contributed by atoms with Crippen LogP contribution in [0.1, 0.15) is 24.0 Å². The number of hydrogen-bond acceptors (Lipinski definition) is 2. The van der Waals surface area contributed by atoms with Gasteiger partial charge < -0.3 is 10.6 Å². The number of nitrogens with two attached hydrogens (primary N) is 1. The van der Waals surface area contributed by atoms with Crippen molar-refractivity contribution < 1.29 is 0 Å². The van der Waals surface area contributed by atoms with Gasteiger partial charge in [-0.3, -0.25) is 0 Å². The Bertz CT molecular complexity index is 340. The van der Waals surface area contributed by atoms with E-state index in [2.05, 4.69) is 43.3 Å². The summed E-state index contributed by atoms with van der Waals surface area (Å²) in [5.74, 6) is 0. The van der Waals surface area contributed by atoms with Crippen LogP contribution >= 0.6 is 0 Å². The van der Waals surface area contributed by atoms with Crippen LogP contribution in [0.25, 0.3) is 0 Å². The number of hydrogen-bond donors (Lipinski definition) is 1. The minimum atomic E-state index is 0.122. The largest absolute Gasteiger partial charge is 0.325 e. The van der Waals surface area contributed by atoms with E-state index >= 15 is 0 Å². The van der Waals surface area contributed by atoms with E-state index in [-0.39, 0.29) is 5.54 Å². The summed E-state index contributed by atoms with van der Waals surface area (Å²) in [5, 5.41) is 0. The van der Waals surface area contributed by atoms with Gasteiger partial charge in [0.1, 0.15) is 0 Å². The van der Waals surface area contributed by atoms with Crippen molar-refractivity contribution in [3.63, 3.8) is 0 Å². The molecular weight excluding hydrogens is 184 g/mol. The maximum absolute atomic E-state index is 6.12. The van der Waals surface area contributed by atoms with Gasteiger partial charge in [-0.1, -0.05) is 24.3 Å². The SMILES string of the molecule is CN(C)Cc1cccc(CC2(N)CC2)c1. The Labute approximate surface area is 92.1 Å². The molecule has 2 rings (SSSR count). The first-order valence-corrected chi connectivity index (χ1v) is 5.59. The van der Waals surface area contributed by atoms with Crippen molar-refractivity contribution in [2.75, 3.05) is 14.1 Å². The summed E-state index contributed by atoms with van der Waals surface area (Å²) in [5.41, 5.74) is 9.00. The summed E-state index contributed by atoms with van der Waals surface area (Å²) in [6.45, 7) is 1.01. The van der Waals surface area contributed by atoms with E-state index in [4.69, 9.17) is 5.73 Å². The predicted molar refractivity (Wildman–Crippen MR) is 63.7 cm³/mol. The molecular formula is C13H20N2. The van der Waals surface area contributed by atoms with Gasteiger partial charge in [0.15, 0.2) is 0 Å². The Kier molecular flexibility index (Phi) is 2.81. The third kappa shape index (κ3) is 3.05. The highest BCUT2D eigenvalue weighted by Crippen LogP contribution is 2.35. The van der Waals surface area contributed by atoms with Gasteiger partial charge in [-0.25, -0.2) is 0 Å². The van der Waals surface area contributed by atoms with Crippen LogP contribution in [0.2, 0.25) is 0 Å². The van der Waals surface area contributed by atoms with Crippen LogP contribution in [-0.4, -0.2) is 24.5 Å². The summed E-state index contributed by atoms with van der Waals surface area (Å²) in [6.07, 6.45) is 3.41. The Balaban J connectivity index is 2.05. The minimum absolute atomic E-state index is 0.122. The zero-order chi connectivity index (χ0) is 10.9. The second-order valence-electron chi connectivity index (χ2n) is 5.10. The number of benzene rings is 1. The quantitative estimate of drug-likeness (QED) is 0.810. The van der Waals surface area contributed by atoms with Crippen molar-refractivity contribution in [2.24, 2.45) is 5.73 Å². The standard InChI is InChI=1S/C13H20N2/c1-15(2)10-12-5-3-4-11(8-12)9-13(14)6-7-13/h3-5,8H,6-7,9-10,14H2,1-2H3. The van der Waals surface area contributed by atoms with Crippen molar-refractivity contribution in [1.29, 1.82) is 0 Å². The zero-order valence-corrected chi connectivity index (χ0v) is 9.66. The number of nitrogens with zero attached hydrogens (tertiary/aromatic N) is 1. The lowest BCUT2D eigenvalue weighted by atomic mass is 10.0. The minimum Gasteiger partial charge on any atom is -0.325 e. The van der Waals surface area contributed by atoms with E-state index in [0.717, 1.165) is 13.0 Å². The molecule has 1 aromatic rings. The zero-order valence-electron chi connectivity index (χ0n) is 9.66. The smallest absolute Gasteiger partial charge is 0.0227 e. The van der Waals surface area contributed by atoms with Crippen LogP contribution in [0, 0.1) is 0 Å². The molecule has 0 aromatic heterocycles. The molecule has 82 valence electrons. The fourth-order valence-electron chi connectivity index (χ4n) is 1.95. The van der Waals surface area contributed by atoms with E-state index in [0.29, 0.717) is 0 Å². The molecule has 2 N–H and O–H groups in total. The highest BCUT2D eigenvalue weighted by molar-refractivity contribution is 5.26. The normalized spacial score (nSPS) is 18.1. The molecule has 0 radical (unpaired) electrons. The molecule has 2 heteroatoms. The molecule has 2 nitrogen and oxygen atoms in total. The molecule has 1 fully saturated rings. The third-order valence-corrected chi connectivity index (χ3v) is 2.94. The molecule has 0 spiro atoms. The fraction of sp³-hybridized carbons (Fsp3) is 0.538. The molecule has 0 aliphatic heterocycles. The van der Waals surface area contributed by atoms with E-state index in [9.17, 15) is 0 Å². The van der Waals surface area contributed by atoms with Gasteiger partial charge in [0.25, 0.3) is 0 Å². The number of rotatable bonds is 4. The molecule has 0 unspecified atom stereocenters. The van der Waals surface area contributed by atoms with Crippen LogP contribution in [0.3, 0.4) is 0 Å². The van der Waals surface area contributed by atoms with E-state index in [1.165, 1.54) is 24.0 Å². The van der Waals surface area contributed by atoms with Crippen LogP contribution in [0.4, 0.5) is 0 Å². The van der Waals surface area contributed by atoms with Crippen LogP contribution in [-0.2, 0) is 13.0 Å². The maximum atomic E-state index is 6.12. The monoisotopic (exact) mass is 204 g/mol. The summed E-state index contributed by atoms with van der Waals surface area (Å²) in [7, 11) is 4.19. The Morgan fingerprint density at radius 1 is 1.27 bits per heavy atom. The van der Waals surface area contributed by atoms with Crippen molar-refractivity contribution in [3.8, 4) is 0 Å². The van der Waals surface area contributed by atoms with Crippen molar-refractivity contribution >= 4 is 0 Å². The molecule has 0 saturated heterocycles. The van der Waals surface area contributed by atoms with E-state index in [1.807, 2.05) is 0 Å². The highest BCUT2D eigenvalue weighted by atomic mass is 15.0. The molecule has 15 heavy (non-hydrogen) atoms. The second kappa shape index (κ2) is 3.95. The average Bonchev–Trinajstić information content (AvgIpc) is 2.82. The topological polar surface area (TPSA) is 29.3 Å². The molecule has 0 heterocycles. The van der Waals surface area contributed by atoms with E-state index in [1.54, 1.807) is 0 Å². The van der Waals surface area contributed by atoms with Crippen LogP contribution in [0.15, 0.2) is 24.3 Å². The summed E-state index contributed by atoms with van der Waals surface area (Å²) >= 11 is 0. The third-order valence-electron chi connectivity index (χ3n) is 2.94. The van der Waals surface area contributed by atoms with Crippen LogP contribution in [0.5, 0.6) is 0 Å². The molecule has 1 aromatic carbocycles. The lowest BCUT2D eigenvalue weighted by Crippen LogP contribution is -2.24. The van der Waals surface area contributed by atoms with Gasteiger partial charge in [0.2, 0.25) is 0 Å². The molecule has 0 amide bonds. The van der Waals surface area contributed by atoms with Crippen molar-refractivity contribution in [2.45, 2.75) is 31.3 Å². The van der Waals surface area contributed by atoms with Gasteiger partial charge in [0.05, 0.1) is 0 Å². The Morgan fingerprint density at radius 2 is 1.93 bits per heavy atom. The van der Waals surface area contributed by atoms with Gasteiger partial charge in [-0.15, -0.1) is 0 Å². The van der Waals surface area contributed by atoms with Crippen molar-refractivity contribution in [1.82, 2.24) is 4.90 Å². The Hall–Kier alpha value is -0.860. The van der Waals surface area contributed by atoms with Gasteiger partial charge >= 0.3 is 0 Å². The molecule has 0 atom stereocenters. The van der Waals surface area contributed by atoms with Crippen molar-refractivity contribution in [3.05, 3.63) is 35.4 Å². The first kappa shape index (κ1) is 10.7. The maximum Gasteiger partial charge on any atom is 0.0227 e. The van der Waals surface area contributed by atoms with Crippen LogP contribution < -0.4 is 5.73 Å². The summed E-state index contributed by atoms with van der Waals surface area (Å²) < 4.78 is 0. The molecule has 0 bridgehead atoms.